The van der Waals surface area contributed by atoms with E-state index in [0.29, 0.717) is 23.2 Å². The molecule has 1 N–H and O–H groups in total. The Morgan fingerprint density at radius 1 is 1.24 bits per heavy atom. The average molecular weight is 391 g/mol. The van der Waals surface area contributed by atoms with Crippen LogP contribution in [-0.4, -0.2) is 28.1 Å². The van der Waals surface area contributed by atoms with Gasteiger partial charge in [-0.05, 0) is 49.9 Å². The summed E-state index contributed by atoms with van der Waals surface area (Å²) in [6.07, 6.45) is 3.56. The molecule has 1 atom stereocenters. The predicted octanol–water partition coefficient (Wildman–Crippen LogP) is 2.86. The molecule has 0 radical (unpaired) electrons. The number of nitrogens with zero attached hydrogens (tertiary/aromatic N) is 2. The Bertz CT molecular complexity index is 1080. The van der Waals surface area contributed by atoms with Crippen molar-refractivity contribution < 1.29 is 9.53 Å². The first kappa shape index (κ1) is 19.2. The lowest BCUT2D eigenvalue weighted by Gasteiger charge is -2.14. The molecule has 0 bridgehead atoms. The standard InChI is InChI=1S/C23H25N3O3/c1-16(9-10-17-6-3-2-4-7-17)24-22(27)15-29-18-11-12-20-19(14-18)23(28)26-13-5-8-21(26)25-20/h2-4,6-7,11-12,14,16H,5,8-10,13,15H2,1H3,(H,24,27). The van der Waals surface area contributed by atoms with Gasteiger partial charge in [-0.1, -0.05) is 30.3 Å². The third-order valence-corrected chi connectivity index (χ3v) is 5.27. The molecule has 6 nitrogen and oxygen atoms in total. The van der Waals surface area contributed by atoms with Crippen molar-refractivity contribution in [3.05, 3.63) is 70.3 Å². The van der Waals surface area contributed by atoms with Crippen molar-refractivity contribution in [2.75, 3.05) is 6.61 Å². The first-order chi connectivity index (χ1) is 14.1. The zero-order valence-electron chi connectivity index (χ0n) is 16.6. The van der Waals surface area contributed by atoms with Gasteiger partial charge >= 0.3 is 0 Å². The number of carbonyl (C=O) groups excluding carboxylic acids is 1. The molecule has 2 aromatic carbocycles. The third kappa shape index (κ3) is 4.47. The molecule has 150 valence electrons. The molecule has 6 heteroatoms. The zero-order valence-corrected chi connectivity index (χ0v) is 16.6. The average Bonchev–Trinajstić information content (AvgIpc) is 3.21. The minimum absolute atomic E-state index is 0.0352. The molecule has 0 fully saturated rings. The lowest BCUT2D eigenvalue weighted by Crippen LogP contribution is -2.36. The molecule has 29 heavy (non-hydrogen) atoms. The van der Waals surface area contributed by atoms with E-state index in [1.165, 1.54) is 5.56 Å². The zero-order chi connectivity index (χ0) is 20.2. The number of amides is 1. The van der Waals surface area contributed by atoms with E-state index in [9.17, 15) is 9.59 Å². The lowest BCUT2D eigenvalue weighted by molar-refractivity contribution is -0.123. The summed E-state index contributed by atoms with van der Waals surface area (Å²) in [4.78, 5) is 29.4. The van der Waals surface area contributed by atoms with Gasteiger partial charge in [0.05, 0.1) is 10.9 Å². The van der Waals surface area contributed by atoms with Crippen molar-refractivity contribution in [2.24, 2.45) is 0 Å². The van der Waals surface area contributed by atoms with Crippen LogP contribution < -0.4 is 15.6 Å². The summed E-state index contributed by atoms with van der Waals surface area (Å²) in [7, 11) is 0. The summed E-state index contributed by atoms with van der Waals surface area (Å²) in [6.45, 7) is 2.62. The number of hydrogen-bond acceptors (Lipinski definition) is 4. The van der Waals surface area contributed by atoms with Gasteiger partial charge in [0.1, 0.15) is 11.6 Å². The molecule has 3 aromatic rings. The van der Waals surface area contributed by atoms with Crippen molar-refractivity contribution >= 4 is 16.8 Å². The number of ether oxygens (including phenoxy) is 1. The fourth-order valence-corrected chi connectivity index (χ4v) is 3.72. The van der Waals surface area contributed by atoms with Crippen LogP contribution in [0.2, 0.25) is 0 Å². The van der Waals surface area contributed by atoms with E-state index >= 15 is 0 Å². The van der Waals surface area contributed by atoms with E-state index in [0.717, 1.165) is 31.5 Å². The Balaban J connectivity index is 1.33. The van der Waals surface area contributed by atoms with Crippen LogP contribution in [0.3, 0.4) is 0 Å². The van der Waals surface area contributed by atoms with Crippen molar-refractivity contribution in [3.8, 4) is 5.75 Å². The second-order valence-corrected chi connectivity index (χ2v) is 7.55. The molecule has 0 saturated carbocycles. The van der Waals surface area contributed by atoms with E-state index in [-0.39, 0.29) is 24.1 Å². The largest absolute Gasteiger partial charge is 0.484 e. The van der Waals surface area contributed by atoms with Crippen molar-refractivity contribution in [1.29, 1.82) is 0 Å². The molecule has 0 spiro atoms. The van der Waals surface area contributed by atoms with Crippen LogP contribution in [0.15, 0.2) is 53.3 Å². The van der Waals surface area contributed by atoms with Gasteiger partial charge in [0.2, 0.25) is 0 Å². The van der Waals surface area contributed by atoms with E-state index in [1.54, 1.807) is 22.8 Å². The van der Waals surface area contributed by atoms with Gasteiger partial charge in [-0.15, -0.1) is 0 Å². The molecule has 1 aliphatic rings. The molecular formula is C23H25N3O3. The number of aromatic nitrogens is 2. The van der Waals surface area contributed by atoms with E-state index in [4.69, 9.17) is 4.74 Å². The highest BCUT2D eigenvalue weighted by Crippen LogP contribution is 2.19. The summed E-state index contributed by atoms with van der Waals surface area (Å²) in [6, 6.07) is 15.5. The normalized spacial score (nSPS) is 13.8. The van der Waals surface area contributed by atoms with Crippen molar-refractivity contribution in [1.82, 2.24) is 14.9 Å². The lowest BCUT2D eigenvalue weighted by atomic mass is 10.1. The number of rotatable bonds is 7. The molecule has 1 unspecified atom stereocenters. The summed E-state index contributed by atoms with van der Waals surface area (Å²) < 4.78 is 7.36. The monoisotopic (exact) mass is 391 g/mol. The van der Waals surface area contributed by atoms with E-state index in [2.05, 4.69) is 22.4 Å². The van der Waals surface area contributed by atoms with E-state index < -0.39 is 0 Å². The minimum atomic E-state index is -0.172. The van der Waals surface area contributed by atoms with Gasteiger partial charge < -0.3 is 10.1 Å². The summed E-state index contributed by atoms with van der Waals surface area (Å²) in [5.74, 6) is 1.18. The number of benzene rings is 2. The Hall–Kier alpha value is -3.15. The van der Waals surface area contributed by atoms with Gasteiger partial charge in [0.15, 0.2) is 6.61 Å². The summed E-state index contributed by atoms with van der Waals surface area (Å²) >= 11 is 0. The van der Waals surface area contributed by atoms with Crippen molar-refractivity contribution in [3.63, 3.8) is 0 Å². The van der Waals surface area contributed by atoms with Crippen LogP contribution in [0.25, 0.3) is 10.9 Å². The molecule has 1 aliphatic heterocycles. The van der Waals surface area contributed by atoms with Gasteiger partial charge in [-0.2, -0.15) is 0 Å². The Labute approximate surface area is 169 Å². The highest BCUT2D eigenvalue weighted by atomic mass is 16.5. The van der Waals surface area contributed by atoms with Gasteiger partial charge in [-0.3, -0.25) is 14.2 Å². The quantitative estimate of drug-likeness (QED) is 0.672. The predicted molar refractivity (Wildman–Crippen MR) is 112 cm³/mol. The number of carbonyl (C=O) groups is 1. The first-order valence-corrected chi connectivity index (χ1v) is 10.1. The summed E-state index contributed by atoms with van der Waals surface area (Å²) in [5.41, 5.74) is 1.90. The number of fused-ring (bicyclic) bond motifs is 2. The molecule has 1 amide bonds. The van der Waals surface area contributed by atoms with Crippen molar-refractivity contribution in [2.45, 2.75) is 45.2 Å². The maximum Gasteiger partial charge on any atom is 0.261 e. The molecule has 4 rings (SSSR count). The minimum Gasteiger partial charge on any atom is -0.484 e. The topological polar surface area (TPSA) is 73.2 Å². The van der Waals surface area contributed by atoms with Crippen LogP contribution in [0.1, 0.15) is 31.2 Å². The molecule has 2 heterocycles. The highest BCUT2D eigenvalue weighted by molar-refractivity contribution is 5.80. The Kier molecular flexibility index (Phi) is 5.60. The van der Waals surface area contributed by atoms with Crippen LogP contribution in [0, 0.1) is 0 Å². The van der Waals surface area contributed by atoms with Crippen LogP contribution >= 0.6 is 0 Å². The van der Waals surface area contributed by atoms with Crippen LogP contribution in [0.4, 0.5) is 0 Å². The third-order valence-electron chi connectivity index (χ3n) is 5.27. The van der Waals surface area contributed by atoms with Crippen LogP contribution in [0.5, 0.6) is 5.75 Å². The number of aryl methyl sites for hydroxylation is 2. The second-order valence-electron chi connectivity index (χ2n) is 7.55. The molecule has 0 saturated heterocycles. The molecule has 0 aliphatic carbocycles. The first-order valence-electron chi connectivity index (χ1n) is 10.1. The Morgan fingerprint density at radius 2 is 2.07 bits per heavy atom. The van der Waals surface area contributed by atoms with Gasteiger partial charge in [0, 0.05) is 19.0 Å². The fraction of sp³-hybridized carbons (Fsp3) is 0.348. The van der Waals surface area contributed by atoms with E-state index in [1.807, 2.05) is 25.1 Å². The molecule has 1 aromatic heterocycles. The van der Waals surface area contributed by atoms with Gasteiger partial charge in [0.25, 0.3) is 11.5 Å². The smallest absolute Gasteiger partial charge is 0.261 e. The van der Waals surface area contributed by atoms with Crippen LogP contribution in [-0.2, 0) is 24.2 Å². The Morgan fingerprint density at radius 3 is 2.90 bits per heavy atom. The van der Waals surface area contributed by atoms with Gasteiger partial charge in [-0.25, -0.2) is 4.98 Å². The highest BCUT2D eigenvalue weighted by Gasteiger charge is 2.16. The number of nitrogens with one attached hydrogen (secondary N) is 1. The second kappa shape index (κ2) is 8.47. The fourth-order valence-electron chi connectivity index (χ4n) is 3.72. The summed E-state index contributed by atoms with van der Waals surface area (Å²) in [5, 5.41) is 3.49. The SMILES string of the molecule is CC(CCc1ccccc1)NC(=O)COc1ccc2nc3n(c(=O)c2c1)CCC3. The molecular weight excluding hydrogens is 366 g/mol. The maximum atomic E-state index is 12.6. The maximum absolute atomic E-state index is 12.6. The number of hydrogen-bond donors (Lipinski definition) is 1.